The van der Waals surface area contributed by atoms with Gasteiger partial charge in [0.15, 0.2) is 16.6 Å². The molecule has 4 unspecified atom stereocenters. The van der Waals surface area contributed by atoms with Crippen molar-refractivity contribution in [1.82, 2.24) is 19.8 Å². The van der Waals surface area contributed by atoms with Crippen LogP contribution in [0.3, 0.4) is 0 Å². The molecule has 2 bridgehead atoms. The first-order valence-electron chi connectivity index (χ1n) is 10.8. The third-order valence-electron chi connectivity index (χ3n) is 6.74. The lowest BCUT2D eigenvalue weighted by Gasteiger charge is -2.60. The summed E-state index contributed by atoms with van der Waals surface area (Å²) < 4.78 is 10.3. The van der Waals surface area contributed by atoms with E-state index in [-0.39, 0.29) is 13.1 Å². The quantitative estimate of drug-likeness (QED) is 0.479. The largest absolute Gasteiger partial charge is 0.468 e. The van der Waals surface area contributed by atoms with Crippen molar-refractivity contribution >= 4 is 23.6 Å². The lowest BCUT2D eigenvalue weighted by Crippen LogP contribution is -2.76. The van der Waals surface area contributed by atoms with Crippen LogP contribution in [0.1, 0.15) is 30.4 Å². The maximum absolute atomic E-state index is 14.5. The number of piperidine rings is 2. The minimum absolute atomic E-state index is 0.0722. The number of pyridine rings is 2. The van der Waals surface area contributed by atoms with Crippen molar-refractivity contribution in [3.05, 3.63) is 60.2 Å². The molecule has 4 rings (SSSR count). The highest BCUT2D eigenvalue weighted by molar-refractivity contribution is 6.18. The summed E-state index contributed by atoms with van der Waals surface area (Å²) >= 11 is 0. The molecule has 4 atom stereocenters. The minimum Gasteiger partial charge on any atom is -0.468 e. The van der Waals surface area contributed by atoms with Crippen LogP contribution in [0.15, 0.2) is 48.8 Å². The van der Waals surface area contributed by atoms with Crippen molar-refractivity contribution in [1.29, 1.82) is 0 Å². The highest BCUT2D eigenvalue weighted by Crippen LogP contribution is 2.60. The first-order valence-corrected chi connectivity index (χ1v) is 10.8. The number of hydrogen-bond acceptors (Lipinski definition) is 9. The minimum atomic E-state index is -1.92. The standard InChI is InChI=1S/C24H26N4O6/c1-15(29)28-18(16-9-5-7-11-25-16)23(21(31)33-3)13-27(2)14-24(20(23)30,22(32)34-4)19(28)17-10-6-8-12-26-17/h5-12,18-19H,13-14H2,1-4H3. The van der Waals surface area contributed by atoms with Crippen molar-refractivity contribution in [2.75, 3.05) is 34.4 Å². The molecule has 0 aliphatic carbocycles. The van der Waals surface area contributed by atoms with E-state index < -0.39 is 46.5 Å². The van der Waals surface area contributed by atoms with Crippen LogP contribution in [-0.2, 0) is 28.7 Å². The maximum Gasteiger partial charge on any atom is 0.323 e. The van der Waals surface area contributed by atoms with Gasteiger partial charge >= 0.3 is 11.9 Å². The zero-order chi connectivity index (χ0) is 24.7. The summed E-state index contributed by atoms with van der Waals surface area (Å²) in [6.45, 7) is 1.19. The molecule has 0 spiro atoms. The average molecular weight is 466 g/mol. The maximum atomic E-state index is 14.5. The number of aromatic nitrogens is 2. The third kappa shape index (κ3) is 3.12. The van der Waals surface area contributed by atoms with Crippen molar-refractivity contribution in [2.24, 2.45) is 10.8 Å². The van der Waals surface area contributed by atoms with Gasteiger partial charge in [0.05, 0.1) is 37.7 Å². The first kappa shape index (κ1) is 23.5. The van der Waals surface area contributed by atoms with Crippen LogP contribution in [-0.4, -0.2) is 77.8 Å². The molecule has 2 saturated heterocycles. The van der Waals surface area contributed by atoms with E-state index in [1.807, 2.05) is 0 Å². The molecule has 0 radical (unpaired) electrons. The average Bonchev–Trinajstić information content (AvgIpc) is 2.84. The van der Waals surface area contributed by atoms with Crippen molar-refractivity contribution in [3.63, 3.8) is 0 Å². The summed E-state index contributed by atoms with van der Waals surface area (Å²) in [6, 6.07) is 7.82. The topological polar surface area (TPSA) is 119 Å². The van der Waals surface area contributed by atoms with Crippen molar-refractivity contribution < 1.29 is 28.7 Å². The van der Waals surface area contributed by atoms with E-state index in [1.165, 1.54) is 38.4 Å². The van der Waals surface area contributed by atoms with Gasteiger partial charge in [0.25, 0.3) is 0 Å². The Morgan fingerprint density at radius 3 is 1.65 bits per heavy atom. The zero-order valence-electron chi connectivity index (χ0n) is 19.4. The van der Waals surface area contributed by atoms with E-state index in [0.717, 1.165) is 0 Å². The smallest absolute Gasteiger partial charge is 0.323 e. The number of ether oxygens (including phenoxy) is 2. The predicted octanol–water partition coefficient (Wildman–Crippen LogP) is 0.954. The Morgan fingerprint density at radius 2 is 1.32 bits per heavy atom. The van der Waals surface area contributed by atoms with E-state index in [2.05, 4.69) is 9.97 Å². The van der Waals surface area contributed by atoms with E-state index in [9.17, 15) is 19.2 Å². The van der Waals surface area contributed by atoms with Gasteiger partial charge in [-0.05, 0) is 31.3 Å². The van der Waals surface area contributed by atoms with Crippen molar-refractivity contribution in [2.45, 2.75) is 19.0 Å². The Hall–Kier alpha value is -3.66. The predicted molar refractivity (Wildman–Crippen MR) is 118 cm³/mol. The van der Waals surface area contributed by atoms with Gasteiger partial charge in [0, 0.05) is 32.4 Å². The molecular weight excluding hydrogens is 440 g/mol. The normalized spacial score (nSPS) is 28.8. The summed E-state index contributed by atoms with van der Waals surface area (Å²) in [5, 5.41) is 0. The number of carbonyl (C=O) groups is 4. The summed E-state index contributed by atoms with van der Waals surface area (Å²) in [5.41, 5.74) is -3.18. The van der Waals surface area contributed by atoms with Crippen LogP contribution < -0.4 is 0 Å². The fourth-order valence-electron chi connectivity index (χ4n) is 5.63. The van der Waals surface area contributed by atoms with Crippen LogP contribution >= 0.6 is 0 Å². The second kappa shape index (κ2) is 8.60. The number of likely N-dealkylation sites (tertiary alicyclic amines) is 2. The van der Waals surface area contributed by atoms with Gasteiger partial charge in [-0.1, -0.05) is 12.1 Å². The van der Waals surface area contributed by atoms with Gasteiger partial charge in [-0.2, -0.15) is 0 Å². The molecule has 10 heteroatoms. The summed E-state index contributed by atoms with van der Waals surface area (Å²) in [5.74, 6) is -2.82. The van der Waals surface area contributed by atoms with Crippen molar-refractivity contribution in [3.8, 4) is 0 Å². The molecule has 1 amide bonds. The Morgan fingerprint density at radius 1 is 0.882 bits per heavy atom. The van der Waals surface area contributed by atoms with E-state index in [4.69, 9.17) is 9.47 Å². The Labute approximate surface area is 196 Å². The van der Waals surface area contributed by atoms with E-state index in [0.29, 0.717) is 11.4 Å². The van der Waals surface area contributed by atoms with Crippen LogP contribution in [0, 0.1) is 10.8 Å². The zero-order valence-corrected chi connectivity index (χ0v) is 19.4. The van der Waals surface area contributed by atoms with E-state index in [1.54, 1.807) is 48.3 Å². The van der Waals surface area contributed by atoms with Gasteiger partial charge < -0.3 is 19.3 Å². The molecule has 4 heterocycles. The molecular formula is C24H26N4O6. The number of esters is 2. The Bertz CT molecular complexity index is 1050. The molecule has 2 aliphatic rings. The Kier molecular flexibility index (Phi) is 5.94. The van der Waals surface area contributed by atoms with Gasteiger partial charge in [-0.25, -0.2) is 0 Å². The van der Waals surface area contributed by atoms with Crippen LogP contribution in [0.25, 0.3) is 0 Å². The molecule has 10 nitrogen and oxygen atoms in total. The Balaban J connectivity index is 2.15. The molecule has 0 aromatic carbocycles. The summed E-state index contributed by atoms with van der Waals surface area (Å²) in [7, 11) is 4.06. The lowest BCUT2D eigenvalue weighted by atomic mass is 9.54. The molecule has 0 saturated carbocycles. The number of amides is 1. The molecule has 0 N–H and O–H groups in total. The first-order chi connectivity index (χ1) is 16.3. The SMILES string of the molecule is COC(=O)C12CN(C)CC(C(=O)OC)(C1=O)C(c1ccccn1)N(C(C)=O)C2c1ccccn1. The summed E-state index contributed by atoms with van der Waals surface area (Å²) in [4.78, 5) is 66.8. The number of rotatable bonds is 4. The van der Waals surface area contributed by atoms with Crippen LogP contribution in [0.4, 0.5) is 0 Å². The van der Waals surface area contributed by atoms with Crippen LogP contribution in [0.5, 0.6) is 0 Å². The fourth-order valence-corrected chi connectivity index (χ4v) is 5.63. The highest BCUT2D eigenvalue weighted by Gasteiger charge is 2.76. The number of methoxy groups -OCH3 is 2. The number of nitrogens with zero attached hydrogens (tertiary/aromatic N) is 4. The van der Waals surface area contributed by atoms with Gasteiger partial charge in [0.1, 0.15) is 0 Å². The molecule has 178 valence electrons. The van der Waals surface area contributed by atoms with E-state index >= 15 is 0 Å². The number of hydrogen-bond donors (Lipinski definition) is 0. The number of fused-ring (bicyclic) bond motifs is 2. The molecule has 2 aromatic rings. The van der Waals surface area contributed by atoms with Gasteiger partial charge in [-0.15, -0.1) is 0 Å². The monoisotopic (exact) mass is 466 g/mol. The highest BCUT2D eigenvalue weighted by atomic mass is 16.5. The van der Waals surface area contributed by atoms with Crippen LogP contribution in [0.2, 0.25) is 0 Å². The summed E-state index contributed by atoms with van der Waals surface area (Å²) in [6.07, 6.45) is 3.04. The number of ketones is 1. The second-order valence-corrected chi connectivity index (χ2v) is 8.67. The van der Waals surface area contributed by atoms with Gasteiger partial charge in [-0.3, -0.25) is 29.1 Å². The molecule has 2 aromatic heterocycles. The lowest BCUT2D eigenvalue weighted by molar-refractivity contribution is -0.205. The second-order valence-electron chi connectivity index (χ2n) is 8.67. The third-order valence-corrected chi connectivity index (χ3v) is 6.74. The molecule has 34 heavy (non-hydrogen) atoms. The number of Topliss-reactive ketones (excluding diaryl/α,β-unsaturated/α-hetero) is 1. The van der Waals surface area contributed by atoms with Gasteiger partial charge in [0.2, 0.25) is 5.91 Å². The fraction of sp³-hybridized carbons (Fsp3) is 0.417. The molecule has 2 fully saturated rings. The number of carbonyl (C=O) groups excluding carboxylic acids is 4. The molecule has 2 aliphatic heterocycles.